The number of piperidine rings is 1. The van der Waals surface area contributed by atoms with Crippen molar-refractivity contribution in [3.05, 3.63) is 59.7 Å². The zero-order valence-electron chi connectivity index (χ0n) is 21.4. The molecule has 2 saturated heterocycles. The standard InChI is InChI=1S/C15H22N2O.C14H21N.CH4/c1-12(2)14-4-6-15(7-5-14)17-10-8-16(9-11-17)13(3)18;1-12(2)13-6-8-14(9-7-13)15-10-4-3-5-11-15;/h4-7,12H,8-11H2,1-3H3;6-9,12H,3-5,10-11H2,1-2H3;1H4. The zero-order valence-corrected chi connectivity index (χ0v) is 21.4. The van der Waals surface area contributed by atoms with Gasteiger partial charge >= 0.3 is 0 Å². The summed E-state index contributed by atoms with van der Waals surface area (Å²) in [5.74, 6) is 1.40. The number of benzene rings is 2. The summed E-state index contributed by atoms with van der Waals surface area (Å²) >= 11 is 0. The highest BCUT2D eigenvalue weighted by atomic mass is 16.2. The van der Waals surface area contributed by atoms with E-state index in [9.17, 15) is 4.79 Å². The van der Waals surface area contributed by atoms with E-state index in [0.717, 1.165) is 26.2 Å². The predicted octanol–water partition coefficient (Wildman–Crippen LogP) is 6.91. The van der Waals surface area contributed by atoms with Crippen LogP contribution in [-0.2, 0) is 4.79 Å². The maximum Gasteiger partial charge on any atom is 0.219 e. The largest absolute Gasteiger partial charge is 0.372 e. The Morgan fingerprint density at radius 2 is 1.00 bits per heavy atom. The molecule has 2 fully saturated rings. The topological polar surface area (TPSA) is 26.8 Å². The van der Waals surface area contributed by atoms with Crippen LogP contribution in [0, 0.1) is 0 Å². The van der Waals surface area contributed by atoms with Gasteiger partial charge in [-0.25, -0.2) is 0 Å². The summed E-state index contributed by atoms with van der Waals surface area (Å²) in [6.07, 6.45) is 4.11. The second kappa shape index (κ2) is 13.4. The first-order valence-electron chi connectivity index (χ1n) is 12.8. The van der Waals surface area contributed by atoms with Crippen LogP contribution in [-0.4, -0.2) is 50.1 Å². The Balaban J connectivity index is 0.000000237. The molecule has 2 aromatic rings. The van der Waals surface area contributed by atoms with Crippen molar-refractivity contribution in [1.82, 2.24) is 4.90 Å². The lowest BCUT2D eigenvalue weighted by molar-refractivity contribution is -0.129. The molecule has 2 aliphatic rings. The smallest absolute Gasteiger partial charge is 0.219 e. The highest BCUT2D eigenvalue weighted by Gasteiger charge is 2.18. The third kappa shape index (κ3) is 7.78. The Morgan fingerprint density at radius 1 is 0.618 bits per heavy atom. The van der Waals surface area contributed by atoms with E-state index in [-0.39, 0.29) is 13.3 Å². The molecule has 2 aromatic carbocycles. The number of nitrogens with zero attached hydrogens (tertiary/aromatic N) is 3. The number of hydrogen-bond donors (Lipinski definition) is 0. The molecule has 1 amide bonds. The van der Waals surface area contributed by atoms with Crippen LogP contribution >= 0.6 is 0 Å². The summed E-state index contributed by atoms with van der Waals surface area (Å²) in [5.41, 5.74) is 5.48. The normalized spacial score (nSPS) is 16.1. The Labute approximate surface area is 208 Å². The molecule has 0 bridgehead atoms. The minimum Gasteiger partial charge on any atom is -0.372 e. The van der Waals surface area contributed by atoms with Gasteiger partial charge in [-0.05, 0) is 66.5 Å². The molecule has 4 nitrogen and oxygen atoms in total. The number of piperazine rings is 1. The molecule has 2 aliphatic heterocycles. The lowest BCUT2D eigenvalue weighted by Gasteiger charge is -2.35. The molecule has 0 N–H and O–H groups in total. The average Bonchev–Trinajstić information content (AvgIpc) is 2.85. The first-order chi connectivity index (χ1) is 15.8. The van der Waals surface area contributed by atoms with Gasteiger partial charge in [0.1, 0.15) is 0 Å². The minimum absolute atomic E-state index is 0. The molecule has 2 heterocycles. The molecule has 0 saturated carbocycles. The van der Waals surface area contributed by atoms with Gasteiger partial charge in [0.25, 0.3) is 0 Å². The summed E-state index contributed by atoms with van der Waals surface area (Å²) < 4.78 is 0. The molecule has 0 aliphatic carbocycles. The van der Waals surface area contributed by atoms with Crippen LogP contribution in [0.5, 0.6) is 0 Å². The second-order valence-electron chi connectivity index (χ2n) is 10.0. The molecule has 4 rings (SSSR count). The number of amides is 1. The van der Waals surface area contributed by atoms with Gasteiger partial charge in [-0.1, -0.05) is 59.4 Å². The predicted molar refractivity (Wildman–Crippen MR) is 148 cm³/mol. The van der Waals surface area contributed by atoms with E-state index in [0.29, 0.717) is 11.8 Å². The van der Waals surface area contributed by atoms with Crippen LogP contribution < -0.4 is 9.80 Å². The van der Waals surface area contributed by atoms with Crippen LogP contribution in [0.15, 0.2) is 48.5 Å². The van der Waals surface area contributed by atoms with Gasteiger partial charge < -0.3 is 14.7 Å². The summed E-state index contributed by atoms with van der Waals surface area (Å²) in [7, 11) is 0. The Kier molecular flexibility index (Phi) is 10.9. The summed E-state index contributed by atoms with van der Waals surface area (Å²) in [5, 5.41) is 0. The fourth-order valence-corrected chi connectivity index (χ4v) is 4.57. The quantitative estimate of drug-likeness (QED) is 0.490. The maximum absolute atomic E-state index is 11.3. The van der Waals surface area contributed by atoms with Gasteiger partial charge in [0.15, 0.2) is 0 Å². The maximum atomic E-state index is 11.3. The first-order valence-corrected chi connectivity index (χ1v) is 12.8. The van der Waals surface area contributed by atoms with Crippen LogP contribution in [0.25, 0.3) is 0 Å². The van der Waals surface area contributed by atoms with Crippen LogP contribution in [0.1, 0.15) is 84.3 Å². The van der Waals surface area contributed by atoms with Crippen molar-refractivity contribution in [3.8, 4) is 0 Å². The van der Waals surface area contributed by atoms with Crippen molar-refractivity contribution in [2.45, 2.75) is 73.1 Å². The highest BCUT2D eigenvalue weighted by molar-refractivity contribution is 5.73. The number of hydrogen-bond acceptors (Lipinski definition) is 3. The van der Waals surface area contributed by atoms with Gasteiger partial charge in [0.05, 0.1) is 0 Å². The molecule has 0 radical (unpaired) electrons. The highest BCUT2D eigenvalue weighted by Crippen LogP contribution is 2.23. The summed E-state index contributed by atoms with van der Waals surface area (Å²) in [6.45, 7) is 16.6. The van der Waals surface area contributed by atoms with Crippen molar-refractivity contribution in [3.63, 3.8) is 0 Å². The van der Waals surface area contributed by atoms with E-state index in [1.54, 1.807) is 6.92 Å². The average molecular weight is 466 g/mol. The van der Waals surface area contributed by atoms with E-state index in [4.69, 9.17) is 0 Å². The van der Waals surface area contributed by atoms with Crippen molar-refractivity contribution in [2.24, 2.45) is 0 Å². The van der Waals surface area contributed by atoms with Crippen molar-refractivity contribution >= 4 is 17.3 Å². The zero-order chi connectivity index (χ0) is 23.8. The van der Waals surface area contributed by atoms with E-state index in [1.807, 2.05) is 4.90 Å². The number of rotatable bonds is 4. The van der Waals surface area contributed by atoms with Gasteiger partial charge in [0, 0.05) is 57.6 Å². The molecule has 0 aromatic heterocycles. The van der Waals surface area contributed by atoms with E-state index in [2.05, 4.69) is 86.0 Å². The van der Waals surface area contributed by atoms with E-state index < -0.39 is 0 Å². The number of anilines is 2. The van der Waals surface area contributed by atoms with Crippen molar-refractivity contribution in [1.29, 1.82) is 0 Å². The second-order valence-corrected chi connectivity index (χ2v) is 10.0. The Morgan fingerprint density at radius 3 is 1.35 bits per heavy atom. The van der Waals surface area contributed by atoms with Gasteiger partial charge in [-0.15, -0.1) is 0 Å². The first kappa shape index (κ1) is 27.8. The molecule has 34 heavy (non-hydrogen) atoms. The van der Waals surface area contributed by atoms with Crippen LogP contribution in [0.3, 0.4) is 0 Å². The molecule has 0 spiro atoms. The van der Waals surface area contributed by atoms with Crippen molar-refractivity contribution < 1.29 is 4.79 Å². The SMILES string of the molecule is C.CC(=O)N1CCN(c2ccc(C(C)C)cc2)CC1.CC(C)c1ccc(N2CCCCC2)cc1. The van der Waals surface area contributed by atoms with Gasteiger partial charge in [-0.2, -0.15) is 0 Å². The van der Waals surface area contributed by atoms with Crippen LogP contribution in [0.4, 0.5) is 11.4 Å². The van der Waals surface area contributed by atoms with Crippen LogP contribution in [0.2, 0.25) is 0 Å². The molecule has 0 atom stereocenters. The van der Waals surface area contributed by atoms with E-state index in [1.165, 1.54) is 54.9 Å². The minimum atomic E-state index is 0. The lowest BCUT2D eigenvalue weighted by atomic mass is 10.0. The fraction of sp³-hybridized carbons (Fsp3) is 0.567. The summed E-state index contributed by atoms with van der Waals surface area (Å²) in [6, 6.07) is 17.9. The third-order valence-electron chi connectivity index (χ3n) is 6.93. The van der Waals surface area contributed by atoms with Crippen molar-refractivity contribution in [2.75, 3.05) is 49.1 Å². The molecule has 4 heteroatoms. The molecule has 188 valence electrons. The summed E-state index contributed by atoms with van der Waals surface area (Å²) in [4.78, 5) is 18.0. The van der Waals surface area contributed by atoms with Gasteiger partial charge in [-0.3, -0.25) is 4.79 Å². The Hall–Kier alpha value is -2.49. The fourth-order valence-electron chi connectivity index (χ4n) is 4.57. The van der Waals surface area contributed by atoms with Gasteiger partial charge in [0.2, 0.25) is 5.91 Å². The number of carbonyl (C=O) groups is 1. The van der Waals surface area contributed by atoms with E-state index >= 15 is 0 Å². The third-order valence-corrected chi connectivity index (χ3v) is 6.93. The molecule has 0 unspecified atom stereocenters. The lowest BCUT2D eigenvalue weighted by Crippen LogP contribution is -2.48. The monoisotopic (exact) mass is 465 g/mol. The number of carbonyl (C=O) groups excluding carboxylic acids is 1. The molecular formula is C30H47N3O. The Bertz CT molecular complexity index is 844. The molecular weight excluding hydrogens is 418 g/mol.